The highest BCUT2D eigenvalue weighted by Crippen LogP contribution is 2.44. The summed E-state index contributed by atoms with van der Waals surface area (Å²) in [6.07, 6.45) is 1.91. The lowest BCUT2D eigenvalue weighted by atomic mass is 10.1. The second kappa shape index (κ2) is 9.95. The van der Waals surface area contributed by atoms with Crippen LogP contribution >= 0.6 is 0 Å². The third kappa shape index (κ3) is 4.46. The number of rotatable bonds is 5. The summed E-state index contributed by atoms with van der Waals surface area (Å²) in [6, 6.07) is 36.2. The van der Waals surface area contributed by atoms with Crippen molar-refractivity contribution in [3.8, 4) is 17.3 Å². The number of hydrogen-bond donors (Lipinski definition) is 0. The van der Waals surface area contributed by atoms with Gasteiger partial charge in [-0.05, 0) is 86.8 Å². The van der Waals surface area contributed by atoms with Gasteiger partial charge in [-0.15, -0.1) is 0 Å². The lowest BCUT2D eigenvalue weighted by Gasteiger charge is -2.34. The van der Waals surface area contributed by atoms with Crippen LogP contribution in [0, 0.1) is 0 Å². The Balaban J connectivity index is 1.27. The van der Waals surface area contributed by atoms with Crippen LogP contribution in [0.4, 0.5) is 17.1 Å². The molecule has 0 atom stereocenters. The van der Waals surface area contributed by atoms with E-state index in [1.165, 1.54) is 27.7 Å². The van der Waals surface area contributed by atoms with Gasteiger partial charge < -0.3 is 14.5 Å². The standard InChI is InChI=1S/C37H36N4O/c1-25(2)26-19-20-38-36(21-26)41-32-14-7-6-13-30(32)31-18-17-29(23-35(31)41)42-28-12-10-11-27(22-28)39-24-40(37(3,4)5)34-16-9-8-15-33(34)39/h6-23,25H,24H2,1-5H3. The molecule has 0 spiro atoms. The van der Waals surface area contributed by atoms with E-state index in [1.807, 2.05) is 12.3 Å². The molecule has 1 aliphatic rings. The number of nitrogens with zero attached hydrogens (tertiary/aromatic N) is 4. The summed E-state index contributed by atoms with van der Waals surface area (Å²) < 4.78 is 8.80. The van der Waals surface area contributed by atoms with E-state index in [1.54, 1.807) is 0 Å². The maximum atomic E-state index is 6.54. The van der Waals surface area contributed by atoms with Gasteiger partial charge in [0.25, 0.3) is 0 Å². The van der Waals surface area contributed by atoms with Gasteiger partial charge in [-0.25, -0.2) is 4.98 Å². The van der Waals surface area contributed by atoms with Crippen molar-refractivity contribution in [1.29, 1.82) is 0 Å². The normalized spacial score (nSPS) is 13.4. The number of hydrogen-bond acceptors (Lipinski definition) is 4. The van der Waals surface area contributed by atoms with Crippen LogP contribution in [0.25, 0.3) is 27.6 Å². The van der Waals surface area contributed by atoms with Crippen LogP contribution in [-0.4, -0.2) is 21.8 Å². The van der Waals surface area contributed by atoms with E-state index in [4.69, 9.17) is 9.72 Å². The minimum absolute atomic E-state index is 0.0103. The number of ether oxygens (including phenoxy) is 1. The minimum Gasteiger partial charge on any atom is -0.457 e. The average molecular weight is 553 g/mol. The summed E-state index contributed by atoms with van der Waals surface area (Å²) >= 11 is 0. The van der Waals surface area contributed by atoms with E-state index in [-0.39, 0.29) is 5.54 Å². The molecule has 1 aliphatic heterocycles. The zero-order valence-electron chi connectivity index (χ0n) is 24.9. The number of anilines is 3. The Kier molecular flexibility index (Phi) is 6.19. The second-order valence-electron chi connectivity index (χ2n) is 12.4. The molecule has 0 amide bonds. The molecule has 7 rings (SSSR count). The lowest BCUT2D eigenvalue weighted by molar-refractivity contribution is 0.483. The number of para-hydroxylation sites is 3. The van der Waals surface area contributed by atoms with Crippen LogP contribution in [0.15, 0.2) is 109 Å². The number of fused-ring (bicyclic) bond motifs is 4. The molecule has 0 saturated carbocycles. The summed E-state index contributed by atoms with van der Waals surface area (Å²) in [4.78, 5) is 9.60. The first-order valence-corrected chi connectivity index (χ1v) is 14.7. The Morgan fingerprint density at radius 1 is 0.714 bits per heavy atom. The molecule has 42 heavy (non-hydrogen) atoms. The molecule has 0 radical (unpaired) electrons. The summed E-state index contributed by atoms with van der Waals surface area (Å²) in [5.74, 6) is 2.94. The van der Waals surface area contributed by atoms with E-state index >= 15 is 0 Å². The summed E-state index contributed by atoms with van der Waals surface area (Å²) in [5, 5.41) is 2.38. The highest BCUT2D eigenvalue weighted by Gasteiger charge is 2.33. The minimum atomic E-state index is 0.0103. The molecular weight excluding hydrogens is 516 g/mol. The smallest absolute Gasteiger partial charge is 0.137 e. The van der Waals surface area contributed by atoms with E-state index < -0.39 is 0 Å². The molecule has 0 bridgehead atoms. The highest BCUT2D eigenvalue weighted by molar-refractivity contribution is 6.09. The van der Waals surface area contributed by atoms with E-state index in [2.05, 4.69) is 146 Å². The van der Waals surface area contributed by atoms with Gasteiger partial charge in [0.1, 0.15) is 17.3 Å². The summed E-state index contributed by atoms with van der Waals surface area (Å²) in [7, 11) is 0. The molecular formula is C37H36N4O. The van der Waals surface area contributed by atoms with Crippen LogP contribution in [0.2, 0.25) is 0 Å². The molecule has 5 heteroatoms. The van der Waals surface area contributed by atoms with Crippen molar-refractivity contribution in [3.05, 3.63) is 115 Å². The van der Waals surface area contributed by atoms with Crippen molar-refractivity contribution in [2.75, 3.05) is 16.5 Å². The topological polar surface area (TPSA) is 33.5 Å². The quantitative estimate of drug-likeness (QED) is 0.213. The molecule has 0 fully saturated rings. The molecule has 3 heterocycles. The van der Waals surface area contributed by atoms with E-state index in [0.29, 0.717) is 5.92 Å². The van der Waals surface area contributed by atoms with Crippen LogP contribution in [0.5, 0.6) is 11.5 Å². The molecule has 0 saturated heterocycles. The van der Waals surface area contributed by atoms with Gasteiger partial charge in [0.2, 0.25) is 0 Å². The summed E-state index contributed by atoms with van der Waals surface area (Å²) in [5.41, 5.74) is 7.07. The molecule has 6 aromatic rings. The largest absolute Gasteiger partial charge is 0.457 e. The van der Waals surface area contributed by atoms with Gasteiger partial charge in [-0.2, -0.15) is 0 Å². The second-order valence-corrected chi connectivity index (χ2v) is 12.4. The van der Waals surface area contributed by atoms with Gasteiger partial charge in [0, 0.05) is 40.3 Å². The van der Waals surface area contributed by atoms with E-state index in [9.17, 15) is 0 Å². The van der Waals surface area contributed by atoms with Crippen LogP contribution in [0.1, 0.15) is 46.1 Å². The fourth-order valence-corrected chi connectivity index (χ4v) is 6.04. The molecule has 0 N–H and O–H groups in total. The first-order valence-electron chi connectivity index (χ1n) is 14.7. The number of benzene rings is 4. The van der Waals surface area contributed by atoms with Gasteiger partial charge in [0.05, 0.1) is 29.1 Å². The Labute approximate surface area is 247 Å². The molecule has 5 nitrogen and oxygen atoms in total. The maximum Gasteiger partial charge on any atom is 0.137 e. The first-order chi connectivity index (χ1) is 20.3. The molecule has 0 unspecified atom stereocenters. The van der Waals surface area contributed by atoms with Crippen molar-refractivity contribution in [1.82, 2.24) is 9.55 Å². The average Bonchev–Trinajstić information content (AvgIpc) is 3.54. The van der Waals surface area contributed by atoms with E-state index in [0.717, 1.165) is 40.7 Å². The zero-order valence-corrected chi connectivity index (χ0v) is 24.9. The zero-order chi connectivity index (χ0) is 29.0. The predicted octanol–water partition coefficient (Wildman–Crippen LogP) is 9.81. The van der Waals surface area contributed by atoms with Gasteiger partial charge in [-0.1, -0.05) is 50.2 Å². The SMILES string of the molecule is CC(C)c1ccnc(-n2c3ccccc3c3ccc(Oc4cccc(N5CN(C(C)(C)C)c6ccccc65)c4)cc32)c1. The Morgan fingerprint density at radius 2 is 1.45 bits per heavy atom. The Bertz CT molecular complexity index is 1930. The third-order valence-electron chi connectivity index (χ3n) is 8.23. The fraction of sp³-hybridized carbons (Fsp3) is 0.216. The van der Waals surface area contributed by atoms with Crippen molar-refractivity contribution in [2.45, 2.75) is 46.1 Å². The van der Waals surface area contributed by atoms with Crippen LogP contribution in [-0.2, 0) is 0 Å². The van der Waals surface area contributed by atoms with Crippen LogP contribution in [0.3, 0.4) is 0 Å². The molecule has 2 aromatic heterocycles. The van der Waals surface area contributed by atoms with Crippen LogP contribution < -0.4 is 14.5 Å². The molecule has 0 aliphatic carbocycles. The van der Waals surface area contributed by atoms with Crippen molar-refractivity contribution in [2.24, 2.45) is 0 Å². The maximum absolute atomic E-state index is 6.54. The van der Waals surface area contributed by atoms with Crippen molar-refractivity contribution in [3.63, 3.8) is 0 Å². The third-order valence-corrected chi connectivity index (χ3v) is 8.23. The Hall–Kier alpha value is -4.77. The highest BCUT2D eigenvalue weighted by atomic mass is 16.5. The first kappa shape index (κ1) is 26.1. The predicted molar refractivity (Wildman–Crippen MR) is 175 cm³/mol. The fourth-order valence-electron chi connectivity index (χ4n) is 6.04. The number of aromatic nitrogens is 2. The monoisotopic (exact) mass is 552 g/mol. The van der Waals surface area contributed by atoms with Gasteiger partial charge in [0.15, 0.2) is 0 Å². The number of pyridine rings is 1. The molecule has 210 valence electrons. The van der Waals surface area contributed by atoms with Gasteiger partial charge >= 0.3 is 0 Å². The lowest BCUT2D eigenvalue weighted by Crippen LogP contribution is -2.42. The molecule has 4 aromatic carbocycles. The van der Waals surface area contributed by atoms with Crippen molar-refractivity contribution >= 4 is 38.9 Å². The summed E-state index contributed by atoms with van der Waals surface area (Å²) in [6.45, 7) is 12.0. The van der Waals surface area contributed by atoms with Gasteiger partial charge in [-0.3, -0.25) is 4.57 Å². The Morgan fingerprint density at radius 3 is 2.26 bits per heavy atom. The van der Waals surface area contributed by atoms with Crippen molar-refractivity contribution < 1.29 is 4.74 Å².